The van der Waals surface area contributed by atoms with E-state index in [0.29, 0.717) is 26.6 Å². The van der Waals surface area contributed by atoms with E-state index < -0.39 is 38.3 Å². The molecule has 13 heteroatoms. The average molecular weight is 569 g/mol. The van der Waals surface area contributed by atoms with E-state index in [1.54, 1.807) is 30.3 Å². The molecule has 3 aromatic carbocycles. The van der Waals surface area contributed by atoms with E-state index >= 15 is 0 Å². The standard InChI is InChI=1S/C25H23F3NO7PS/c26-25(27,28)16-2-1-3-17(11-16)36-18-5-6-19-22(12-18)38-21-7-4-15(10-20(21)23(19)31)8-9-24(29,13-30)14-35-37(32,33)34/h1-7,10-12,30H,8-9,13-14,29H2,(H2,32,33,34). The van der Waals surface area contributed by atoms with Gasteiger partial charge in [-0.25, -0.2) is 4.57 Å². The summed E-state index contributed by atoms with van der Waals surface area (Å²) in [6.07, 6.45) is -4.06. The molecular weight excluding hydrogens is 546 g/mol. The molecule has 38 heavy (non-hydrogen) atoms. The lowest BCUT2D eigenvalue weighted by Gasteiger charge is -2.27. The number of ether oxygens (including phenoxy) is 1. The van der Waals surface area contributed by atoms with E-state index in [9.17, 15) is 27.6 Å². The number of alkyl halides is 3. The minimum atomic E-state index is -4.75. The third kappa shape index (κ3) is 6.78. The maximum absolute atomic E-state index is 13.2. The van der Waals surface area contributed by atoms with Crippen LogP contribution in [0.1, 0.15) is 17.5 Å². The lowest BCUT2D eigenvalue weighted by molar-refractivity contribution is -0.137. The molecule has 0 radical (unpaired) electrons. The predicted molar refractivity (Wildman–Crippen MR) is 137 cm³/mol. The quantitative estimate of drug-likeness (QED) is 0.164. The first-order valence-corrected chi connectivity index (χ1v) is 13.6. The second-order valence-electron chi connectivity index (χ2n) is 8.83. The Morgan fingerprint density at radius 2 is 1.68 bits per heavy atom. The highest BCUT2D eigenvalue weighted by Gasteiger charge is 2.31. The van der Waals surface area contributed by atoms with E-state index in [1.165, 1.54) is 29.5 Å². The van der Waals surface area contributed by atoms with Gasteiger partial charge in [0.05, 0.1) is 24.3 Å². The van der Waals surface area contributed by atoms with Crippen LogP contribution in [0, 0.1) is 0 Å². The Hall–Kier alpha value is -2.83. The number of hydrogen-bond acceptors (Lipinski definition) is 7. The number of hydrogen-bond donors (Lipinski definition) is 4. The minimum absolute atomic E-state index is 0.0157. The molecule has 0 saturated carbocycles. The predicted octanol–water partition coefficient (Wildman–Crippen LogP) is 4.96. The topological polar surface area (TPSA) is 139 Å². The highest BCUT2D eigenvalue weighted by Crippen LogP contribution is 2.37. The molecule has 202 valence electrons. The number of aliphatic hydroxyl groups excluding tert-OH is 1. The number of aryl methyl sites for hydroxylation is 1. The summed E-state index contributed by atoms with van der Waals surface area (Å²) in [6, 6.07) is 14.4. The largest absolute Gasteiger partial charge is 0.469 e. The van der Waals surface area contributed by atoms with Crippen LogP contribution >= 0.6 is 19.2 Å². The average Bonchev–Trinajstić information content (AvgIpc) is 2.86. The third-order valence-corrected chi connectivity index (χ3v) is 7.45. The van der Waals surface area contributed by atoms with Crippen molar-refractivity contribution in [3.63, 3.8) is 0 Å². The molecule has 8 nitrogen and oxygen atoms in total. The molecule has 4 rings (SSSR count). The molecule has 0 aliphatic rings. The van der Waals surface area contributed by atoms with Crippen LogP contribution in [-0.2, 0) is 21.7 Å². The van der Waals surface area contributed by atoms with Crippen LogP contribution in [0.4, 0.5) is 13.2 Å². The lowest BCUT2D eigenvalue weighted by Crippen LogP contribution is -2.48. The molecule has 0 fully saturated rings. The summed E-state index contributed by atoms with van der Waals surface area (Å²) in [5.74, 6) is 0.297. The third-order valence-electron chi connectivity index (χ3n) is 5.85. The zero-order valence-corrected chi connectivity index (χ0v) is 21.4. The number of rotatable bonds is 9. The molecule has 1 unspecified atom stereocenters. The molecule has 4 aromatic rings. The van der Waals surface area contributed by atoms with Crippen molar-refractivity contribution in [2.24, 2.45) is 5.73 Å². The Kier molecular flexibility index (Phi) is 7.96. The summed E-state index contributed by atoms with van der Waals surface area (Å²) in [4.78, 5) is 31.0. The van der Waals surface area contributed by atoms with Crippen molar-refractivity contribution in [3.8, 4) is 11.5 Å². The molecule has 0 aliphatic carbocycles. The van der Waals surface area contributed by atoms with E-state index in [2.05, 4.69) is 4.52 Å². The van der Waals surface area contributed by atoms with Crippen LogP contribution < -0.4 is 15.9 Å². The summed E-state index contributed by atoms with van der Waals surface area (Å²) < 4.78 is 61.3. The fourth-order valence-corrected chi connectivity index (χ4v) is 5.28. The Morgan fingerprint density at radius 1 is 0.947 bits per heavy atom. The van der Waals surface area contributed by atoms with E-state index in [1.807, 2.05) is 0 Å². The van der Waals surface area contributed by atoms with Gasteiger partial charge in [-0.05, 0) is 66.9 Å². The minimum Gasteiger partial charge on any atom is -0.457 e. The first-order chi connectivity index (χ1) is 17.8. The van der Waals surface area contributed by atoms with Gasteiger partial charge in [-0.3, -0.25) is 9.32 Å². The summed E-state index contributed by atoms with van der Waals surface area (Å²) in [6.45, 7) is -1.11. The molecule has 1 heterocycles. The summed E-state index contributed by atoms with van der Waals surface area (Å²) >= 11 is 1.31. The van der Waals surface area contributed by atoms with Gasteiger partial charge >= 0.3 is 14.0 Å². The number of phosphoric acid groups is 1. The number of phosphoric ester groups is 1. The fraction of sp³-hybridized carbons (Fsp3) is 0.240. The number of benzene rings is 3. The van der Waals surface area contributed by atoms with Crippen molar-refractivity contribution < 1.29 is 41.9 Å². The first kappa shape index (κ1) is 28.2. The van der Waals surface area contributed by atoms with Crippen molar-refractivity contribution in [2.75, 3.05) is 13.2 Å². The number of aliphatic hydroxyl groups is 1. The Bertz CT molecular complexity index is 1590. The van der Waals surface area contributed by atoms with Crippen molar-refractivity contribution in [3.05, 3.63) is 82.0 Å². The zero-order valence-electron chi connectivity index (χ0n) is 19.6. The normalized spacial score (nSPS) is 14.1. The summed E-state index contributed by atoms with van der Waals surface area (Å²) in [5.41, 5.74) is 4.28. The first-order valence-electron chi connectivity index (χ1n) is 11.2. The lowest BCUT2D eigenvalue weighted by atomic mass is 9.93. The maximum Gasteiger partial charge on any atom is 0.469 e. The molecule has 0 spiro atoms. The SMILES string of the molecule is NC(CO)(CCc1ccc2sc3cc(Oc4cccc(C(F)(F)F)c4)ccc3c(=O)c2c1)COP(=O)(O)O. The van der Waals surface area contributed by atoms with Crippen LogP contribution in [0.2, 0.25) is 0 Å². The molecule has 1 aromatic heterocycles. The Labute approximate surface area is 218 Å². The molecule has 0 amide bonds. The van der Waals surface area contributed by atoms with Gasteiger partial charge in [0.2, 0.25) is 0 Å². The summed E-state index contributed by atoms with van der Waals surface area (Å²) in [7, 11) is -4.75. The maximum atomic E-state index is 13.2. The van der Waals surface area contributed by atoms with Gasteiger partial charge in [-0.1, -0.05) is 12.1 Å². The molecule has 0 aliphatic heterocycles. The zero-order chi connectivity index (χ0) is 27.7. The van der Waals surface area contributed by atoms with Crippen molar-refractivity contribution >= 4 is 39.3 Å². The monoisotopic (exact) mass is 569 g/mol. The molecule has 1 atom stereocenters. The number of nitrogens with two attached hydrogens (primary N) is 1. The second kappa shape index (κ2) is 10.7. The van der Waals surface area contributed by atoms with Gasteiger partial charge in [0.1, 0.15) is 11.5 Å². The van der Waals surface area contributed by atoms with Crippen molar-refractivity contribution in [2.45, 2.75) is 24.6 Å². The van der Waals surface area contributed by atoms with Gasteiger partial charge in [-0.15, -0.1) is 11.3 Å². The molecule has 0 bridgehead atoms. The van der Waals surface area contributed by atoms with Crippen LogP contribution in [0.25, 0.3) is 20.2 Å². The van der Waals surface area contributed by atoms with Gasteiger partial charge in [0.25, 0.3) is 0 Å². The fourth-order valence-electron chi connectivity index (χ4n) is 3.78. The van der Waals surface area contributed by atoms with Gasteiger partial charge in [0.15, 0.2) is 5.43 Å². The van der Waals surface area contributed by atoms with E-state index in [-0.39, 0.29) is 23.3 Å². The molecule has 0 saturated heterocycles. The number of halogens is 3. The Balaban J connectivity index is 1.57. The van der Waals surface area contributed by atoms with E-state index in [4.69, 9.17) is 20.3 Å². The van der Waals surface area contributed by atoms with Gasteiger partial charge in [0, 0.05) is 20.2 Å². The van der Waals surface area contributed by atoms with Crippen molar-refractivity contribution in [1.29, 1.82) is 0 Å². The van der Waals surface area contributed by atoms with Crippen molar-refractivity contribution in [1.82, 2.24) is 0 Å². The van der Waals surface area contributed by atoms with Crippen LogP contribution in [0.3, 0.4) is 0 Å². The van der Waals surface area contributed by atoms with Gasteiger partial charge < -0.3 is 25.4 Å². The molecule has 5 N–H and O–H groups in total. The number of fused-ring (bicyclic) bond motifs is 2. The Morgan fingerprint density at radius 3 is 2.37 bits per heavy atom. The second-order valence-corrected chi connectivity index (χ2v) is 11.2. The van der Waals surface area contributed by atoms with Crippen LogP contribution in [0.15, 0.2) is 65.5 Å². The highest BCUT2D eigenvalue weighted by atomic mass is 32.1. The summed E-state index contributed by atoms with van der Waals surface area (Å²) in [5, 5.41) is 10.5. The smallest absolute Gasteiger partial charge is 0.457 e. The highest BCUT2D eigenvalue weighted by molar-refractivity contribution is 7.46. The van der Waals surface area contributed by atoms with Crippen LogP contribution in [-0.4, -0.2) is 33.6 Å². The van der Waals surface area contributed by atoms with Gasteiger partial charge in [-0.2, -0.15) is 13.2 Å². The molecular formula is C25H23F3NO7PS. The van der Waals surface area contributed by atoms with Crippen LogP contribution in [0.5, 0.6) is 11.5 Å². The van der Waals surface area contributed by atoms with E-state index in [0.717, 1.165) is 17.7 Å².